The van der Waals surface area contributed by atoms with Crippen LogP contribution < -0.4 is 5.43 Å². The molecule has 0 N–H and O–H groups in total. The topological polar surface area (TPSA) is 63.4 Å². The van der Waals surface area contributed by atoms with Gasteiger partial charge in [-0.05, 0) is 36.8 Å². The molecule has 0 aliphatic heterocycles. The summed E-state index contributed by atoms with van der Waals surface area (Å²) in [5.41, 5.74) is 1.18. The zero-order chi connectivity index (χ0) is 16.2. The number of para-hydroxylation sites is 1. The van der Waals surface area contributed by atoms with E-state index in [0.29, 0.717) is 24.1 Å². The maximum Gasteiger partial charge on any atom is 0.290 e. The van der Waals surface area contributed by atoms with Crippen LogP contribution in [0.15, 0.2) is 64.1 Å². The van der Waals surface area contributed by atoms with Gasteiger partial charge in [-0.1, -0.05) is 12.1 Å². The number of amides is 1. The molecule has 3 aromatic rings. The highest BCUT2D eigenvalue weighted by Crippen LogP contribution is 2.14. The van der Waals surface area contributed by atoms with Crippen molar-refractivity contribution in [2.75, 3.05) is 6.54 Å². The molecule has 2 heterocycles. The number of hydrogen-bond donors (Lipinski definition) is 0. The molecule has 1 amide bonds. The van der Waals surface area contributed by atoms with Crippen molar-refractivity contribution in [2.24, 2.45) is 0 Å². The summed E-state index contributed by atoms with van der Waals surface area (Å²) in [7, 11) is 0. The van der Waals surface area contributed by atoms with Crippen molar-refractivity contribution in [3.8, 4) is 0 Å². The molecule has 2 aromatic heterocycles. The standard InChI is InChI=1S/C18H16N2O3/c1-2-20(12-13-7-9-19-10-8-13)18(22)17-11-15(21)14-5-3-4-6-16(14)23-17/h3-11H,2,12H2,1H3. The molecule has 23 heavy (non-hydrogen) atoms. The normalized spacial score (nSPS) is 10.7. The third-order valence-electron chi connectivity index (χ3n) is 3.64. The molecule has 3 rings (SSSR count). The lowest BCUT2D eigenvalue weighted by molar-refractivity contribution is 0.0721. The number of fused-ring (bicyclic) bond motifs is 1. The Hall–Kier alpha value is -2.95. The van der Waals surface area contributed by atoms with Crippen LogP contribution >= 0.6 is 0 Å². The van der Waals surface area contributed by atoms with Gasteiger partial charge in [0.05, 0.1) is 5.39 Å². The first kappa shape index (κ1) is 15.0. The minimum Gasteiger partial charge on any atom is -0.451 e. The number of nitrogens with zero attached hydrogens (tertiary/aromatic N) is 2. The average Bonchev–Trinajstić information content (AvgIpc) is 2.60. The van der Waals surface area contributed by atoms with Gasteiger partial charge in [-0.2, -0.15) is 0 Å². The second-order valence-corrected chi connectivity index (χ2v) is 5.15. The van der Waals surface area contributed by atoms with Crippen molar-refractivity contribution in [3.63, 3.8) is 0 Å². The van der Waals surface area contributed by atoms with E-state index >= 15 is 0 Å². The summed E-state index contributed by atoms with van der Waals surface area (Å²) in [6, 6.07) is 11.9. The van der Waals surface area contributed by atoms with Gasteiger partial charge in [0.1, 0.15) is 5.58 Å². The first-order valence-corrected chi connectivity index (χ1v) is 7.40. The second-order valence-electron chi connectivity index (χ2n) is 5.15. The fraction of sp³-hybridized carbons (Fsp3) is 0.167. The lowest BCUT2D eigenvalue weighted by atomic mass is 10.2. The zero-order valence-electron chi connectivity index (χ0n) is 12.7. The van der Waals surface area contributed by atoms with Crippen LogP contribution in [0.5, 0.6) is 0 Å². The zero-order valence-corrected chi connectivity index (χ0v) is 12.7. The molecule has 0 radical (unpaired) electrons. The average molecular weight is 308 g/mol. The summed E-state index contributed by atoms with van der Waals surface area (Å²) >= 11 is 0. The third kappa shape index (κ3) is 3.13. The molecule has 5 nitrogen and oxygen atoms in total. The van der Waals surface area contributed by atoms with Crippen LogP contribution in [0, 0.1) is 0 Å². The Balaban J connectivity index is 1.93. The van der Waals surface area contributed by atoms with Crippen LogP contribution in [0.3, 0.4) is 0 Å². The van der Waals surface area contributed by atoms with Gasteiger partial charge < -0.3 is 9.32 Å². The SMILES string of the molecule is CCN(Cc1ccncc1)C(=O)c1cc(=O)c2ccccc2o1. The quantitative estimate of drug-likeness (QED) is 0.743. The van der Waals surface area contributed by atoms with Gasteiger partial charge in [0.25, 0.3) is 5.91 Å². The van der Waals surface area contributed by atoms with Crippen LogP contribution in [-0.2, 0) is 6.54 Å². The molecule has 1 aromatic carbocycles. The van der Waals surface area contributed by atoms with Crippen LogP contribution in [0.2, 0.25) is 0 Å². The van der Waals surface area contributed by atoms with E-state index in [9.17, 15) is 9.59 Å². The van der Waals surface area contributed by atoms with Crippen molar-refractivity contribution >= 4 is 16.9 Å². The fourth-order valence-corrected chi connectivity index (χ4v) is 2.40. The Bertz CT molecular complexity index is 887. The Morgan fingerprint density at radius 2 is 1.91 bits per heavy atom. The monoisotopic (exact) mass is 308 g/mol. The molecular weight excluding hydrogens is 292 g/mol. The van der Waals surface area contributed by atoms with Gasteiger partial charge >= 0.3 is 0 Å². The molecule has 0 fully saturated rings. The van der Waals surface area contributed by atoms with Crippen molar-refractivity contribution in [2.45, 2.75) is 13.5 Å². The number of carbonyl (C=O) groups is 1. The first-order chi connectivity index (χ1) is 11.2. The number of benzene rings is 1. The van der Waals surface area contributed by atoms with Gasteiger partial charge in [-0.25, -0.2) is 0 Å². The Labute approximate surface area is 133 Å². The summed E-state index contributed by atoms with van der Waals surface area (Å²) in [5.74, 6) is -0.239. The van der Waals surface area contributed by atoms with Gasteiger partial charge in [-0.15, -0.1) is 0 Å². The number of aromatic nitrogens is 1. The van der Waals surface area contributed by atoms with Gasteiger partial charge in [-0.3, -0.25) is 14.6 Å². The van der Waals surface area contributed by atoms with Crippen molar-refractivity contribution in [3.05, 3.63) is 76.4 Å². The van der Waals surface area contributed by atoms with Crippen molar-refractivity contribution in [1.82, 2.24) is 9.88 Å². The number of hydrogen-bond acceptors (Lipinski definition) is 4. The van der Waals surface area contributed by atoms with Gasteiger partial charge in [0.2, 0.25) is 0 Å². The van der Waals surface area contributed by atoms with Crippen LogP contribution in [-0.4, -0.2) is 22.3 Å². The first-order valence-electron chi connectivity index (χ1n) is 7.40. The Kier molecular flexibility index (Phi) is 4.19. The van der Waals surface area contributed by atoms with Crippen LogP contribution in [0.1, 0.15) is 23.0 Å². The molecule has 0 spiro atoms. The maximum atomic E-state index is 12.7. The van der Waals surface area contributed by atoms with E-state index in [-0.39, 0.29) is 17.1 Å². The van der Waals surface area contributed by atoms with E-state index in [1.807, 2.05) is 19.1 Å². The van der Waals surface area contributed by atoms with E-state index in [1.165, 1.54) is 6.07 Å². The van der Waals surface area contributed by atoms with E-state index in [1.54, 1.807) is 41.6 Å². The molecule has 0 unspecified atom stereocenters. The molecule has 0 saturated heterocycles. The minimum atomic E-state index is -0.299. The predicted molar refractivity (Wildman–Crippen MR) is 87.1 cm³/mol. The predicted octanol–water partition coefficient (Wildman–Crippen LogP) is 2.85. The summed E-state index contributed by atoms with van der Waals surface area (Å²) in [6.07, 6.45) is 3.37. The van der Waals surface area contributed by atoms with E-state index in [0.717, 1.165) is 5.56 Å². The molecule has 116 valence electrons. The largest absolute Gasteiger partial charge is 0.451 e. The summed E-state index contributed by atoms with van der Waals surface area (Å²) in [6.45, 7) is 2.84. The van der Waals surface area contributed by atoms with E-state index < -0.39 is 0 Å². The highest BCUT2D eigenvalue weighted by atomic mass is 16.3. The number of rotatable bonds is 4. The fourth-order valence-electron chi connectivity index (χ4n) is 2.40. The lowest BCUT2D eigenvalue weighted by Crippen LogP contribution is -2.30. The number of carbonyl (C=O) groups excluding carboxylic acids is 1. The summed E-state index contributed by atoms with van der Waals surface area (Å²) < 4.78 is 5.62. The lowest BCUT2D eigenvalue weighted by Gasteiger charge is -2.20. The highest BCUT2D eigenvalue weighted by Gasteiger charge is 2.18. The molecular formula is C18H16N2O3. The summed E-state index contributed by atoms with van der Waals surface area (Å²) in [5, 5.41) is 0.473. The minimum absolute atomic E-state index is 0.0598. The summed E-state index contributed by atoms with van der Waals surface area (Å²) in [4.78, 5) is 30.4. The Morgan fingerprint density at radius 3 is 2.65 bits per heavy atom. The Morgan fingerprint density at radius 1 is 1.17 bits per heavy atom. The molecule has 0 aliphatic carbocycles. The molecule has 0 saturated carbocycles. The van der Waals surface area contributed by atoms with Crippen molar-refractivity contribution < 1.29 is 9.21 Å². The number of pyridine rings is 1. The van der Waals surface area contributed by atoms with E-state index in [4.69, 9.17) is 4.42 Å². The van der Waals surface area contributed by atoms with Crippen molar-refractivity contribution in [1.29, 1.82) is 0 Å². The molecule has 0 bridgehead atoms. The second kappa shape index (κ2) is 6.44. The highest BCUT2D eigenvalue weighted by molar-refractivity contribution is 5.93. The molecule has 0 aliphatic rings. The maximum absolute atomic E-state index is 12.7. The van der Waals surface area contributed by atoms with Crippen LogP contribution in [0.4, 0.5) is 0 Å². The van der Waals surface area contributed by atoms with Gasteiger partial charge in [0, 0.05) is 31.5 Å². The molecule has 0 atom stereocenters. The third-order valence-corrected chi connectivity index (χ3v) is 3.64. The van der Waals surface area contributed by atoms with Gasteiger partial charge in [0.15, 0.2) is 11.2 Å². The molecule has 5 heteroatoms. The van der Waals surface area contributed by atoms with Crippen LogP contribution in [0.25, 0.3) is 11.0 Å². The smallest absolute Gasteiger partial charge is 0.290 e. The van der Waals surface area contributed by atoms with E-state index in [2.05, 4.69) is 4.98 Å².